The third kappa shape index (κ3) is 2.75. The normalized spacial score (nSPS) is 25.3. The molecule has 4 heteroatoms. The Morgan fingerprint density at radius 1 is 1.83 bits per heavy atom. The van der Waals surface area contributed by atoms with Crippen LogP contribution in [0.1, 0.15) is 13.3 Å². The largest absolute Gasteiger partial charge is 0.381 e. The van der Waals surface area contributed by atoms with Crippen LogP contribution in [0.4, 0.5) is 0 Å². The maximum atomic E-state index is 11.4. The Kier molecular flexibility index (Phi) is 4.01. The number of nitrogens with one attached hydrogen (secondary N) is 1. The zero-order valence-electron chi connectivity index (χ0n) is 7.18. The number of carbonyl (C=O) groups excluding carboxylic acids is 1. The van der Waals surface area contributed by atoms with Crippen LogP contribution in [0.15, 0.2) is 0 Å². The summed E-state index contributed by atoms with van der Waals surface area (Å²) in [5.74, 6) is 0.200. The fourth-order valence-corrected chi connectivity index (χ4v) is 1.30. The van der Waals surface area contributed by atoms with Gasteiger partial charge in [-0.3, -0.25) is 4.79 Å². The number of alkyl halides is 1. The van der Waals surface area contributed by atoms with E-state index in [0.29, 0.717) is 6.61 Å². The number of carbonyl (C=O) groups is 1. The minimum atomic E-state index is 0.0755. The predicted molar refractivity (Wildman–Crippen MR) is 50.3 cm³/mol. The van der Waals surface area contributed by atoms with Crippen molar-refractivity contribution in [3.8, 4) is 0 Å². The zero-order valence-corrected chi connectivity index (χ0v) is 8.76. The number of hydrogen-bond donors (Lipinski definition) is 1. The molecular weight excluding hydrogens is 222 g/mol. The fourth-order valence-electron chi connectivity index (χ4n) is 1.14. The molecule has 1 fully saturated rings. The van der Waals surface area contributed by atoms with Crippen LogP contribution in [-0.4, -0.2) is 30.5 Å². The first-order chi connectivity index (χ1) is 5.74. The van der Waals surface area contributed by atoms with E-state index in [1.165, 1.54) is 0 Å². The van der Waals surface area contributed by atoms with Gasteiger partial charge < -0.3 is 10.1 Å². The first kappa shape index (κ1) is 9.99. The molecule has 0 saturated carbocycles. The van der Waals surface area contributed by atoms with E-state index in [-0.39, 0.29) is 17.9 Å². The molecule has 2 unspecified atom stereocenters. The van der Waals surface area contributed by atoms with Crippen LogP contribution in [-0.2, 0) is 9.53 Å². The second-order valence-electron chi connectivity index (χ2n) is 3.12. The van der Waals surface area contributed by atoms with Crippen molar-refractivity contribution in [2.24, 2.45) is 5.92 Å². The van der Waals surface area contributed by atoms with Crippen LogP contribution in [0.3, 0.4) is 0 Å². The monoisotopic (exact) mass is 235 g/mol. The molecule has 0 aromatic heterocycles. The van der Waals surface area contributed by atoms with Crippen molar-refractivity contribution < 1.29 is 9.53 Å². The highest BCUT2D eigenvalue weighted by Gasteiger charge is 2.23. The topological polar surface area (TPSA) is 38.3 Å². The number of ether oxygens (including phenoxy) is 1. The third-order valence-electron chi connectivity index (χ3n) is 1.92. The van der Waals surface area contributed by atoms with E-state index in [2.05, 4.69) is 21.2 Å². The zero-order chi connectivity index (χ0) is 8.97. The molecule has 1 aliphatic rings. The summed E-state index contributed by atoms with van der Waals surface area (Å²) in [5, 5.41) is 3.70. The van der Waals surface area contributed by atoms with Crippen LogP contribution in [0.5, 0.6) is 0 Å². The minimum Gasteiger partial charge on any atom is -0.381 e. The number of hydrogen-bond acceptors (Lipinski definition) is 2. The van der Waals surface area contributed by atoms with Crippen LogP contribution in [0.2, 0.25) is 0 Å². The number of rotatable bonds is 3. The Morgan fingerprint density at radius 3 is 3.08 bits per heavy atom. The Hall–Kier alpha value is -0.0900. The summed E-state index contributed by atoms with van der Waals surface area (Å²) in [6.45, 7) is 3.28. The lowest BCUT2D eigenvalue weighted by atomic mass is 10.1. The highest BCUT2D eigenvalue weighted by Crippen LogP contribution is 2.12. The van der Waals surface area contributed by atoms with E-state index in [1.54, 1.807) is 0 Å². The lowest BCUT2D eigenvalue weighted by Gasteiger charge is -2.13. The van der Waals surface area contributed by atoms with Gasteiger partial charge in [0.25, 0.3) is 0 Å². The van der Waals surface area contributed by atoms with Gasteiger partial charge in [0, 0.05) is 18.0 Å². The lowest BCUT2D eigenvalue weighted by Crippen LogP contribution is -2.38. The van der Waals surface area contributed by atoms with E-state index in [1.807, 2.05) is 6.92 Å². The van der Waals surface area contributed by atoms with Gasteiger partial charge in [0.05, 0.1) is 12.5 Å². The average molecular weight is 236 g/mol. The second-order valence-corrected chi connectivity index (χ2v) is 3.77. The van der Waals surface area contributed by atoms with Crippen molar-refractivity contribution in [2.45, 2.75) is 19.4 Å². The maximum absolute atomic E-state index is 11.4. The van der Waals surface area contributed by atoms with Crippen molar-refractivity contribution in [3.63, 3.8) is 0 Å². The maximum Gasteiger partial charge on any atom is 0.225 e. The minimum absolute atomic E-state index is 0.0755. The summed E-state index contributed by atoms with van der Waals surface area (Å²) in [4.78, 5) is 11.4. The molecule has 1 rings (SSSR count). The highest BCUT2D eigenvalue weighted by atomic mass is 79.9. The molecule has 1 aliphatic heterocycles. The van der Waals surface area contributed by atoms with Gasteiger partial charge in [0.15, 0.2) is 0 Å². The molecule has 0 bridgehead atoms. The Bertz CT molecular complexity index is 157. The van der Waals surface area contributed by atoms with Crippen molar-refractivity contribution in [1.29, 1.82) is 0 Å². The van der Waals surface area contributed by atoms with E-state index in [9.17, 15) is 4.79 Å². The van der Waals surface area contributed by atoms with Crippen LogP contribution < -0.4 is 5.32 Å². The summed E-state index contributed by atoms with van der Waals surface area (Å²) in [6.07, 6.45) is 0.862. The molecule has 0 spiro atoms. The quantitative estimate of drug-likeness (QED) is 0.740. The molecule has 0 aromatic carbocycles. The molecule has 12 heavy (non-hydrogen) atoms. The van der Waals surface area contributed by atoms with E-state index in [4.69, 9.17) is 4.74 Å². The van der Waals surface area contributed by atoms with Gasteiger partial charge in [-0.15, -0.1) is 0 Å². The Balaban J connectivity index is 2.27. The smallest absolute Gasteiger partial charge is 0.225 e. The number of halogens is 1. The molecule has 0 radical (unpaired) electrons. The molecule has 1 heterocycles. The fraction of sp³-hybridized carbons (Fsp3) is 0.875. The molecule has 0 aromatic rings. The highest BCUT2D eigenvalue weighted by molar-refractivity contribution is 9.09. The van der Waals surface area contributed by atoms with Crippen molar-refractivity contribution in [1.82, 2.24) is 5.32 Å². The van der Waals surface area contributed by atoms with Gasteiger partial charge in [0.2, 0.25) is 5.91 Å². The Labute approximate surface area is 81.0 Å². The van der Waals surface area contributed by atoms with Crippen molar-refractivity contribution in [2.75, 3.05) is 18.5 Å². The summed E-state index contributed by atoms with van der Waals surface area (Å²) in [6, 6.07) is 0.207. The van der Waals surface area contributed by atoms with E-state index < -0.39 is 0 Å². The van der Waals surface area contributed by atoms with E-state index >= 15 is 0 Å². The third-order valence-corrected chi connectivity index (χ3v) is 2.89. The SMILES string of the molecule is CC(CBr)NC(=O)C1CCOC1. The van der Waals surface area contributed by atoms with Gasteiger partial charge in [0.1, 0.15) is 0 Å². The first-order valence-corrected chi connectivity index (χ1v) is 5.30. The standard InChI is InChI=1S/C8H14BrNO2/c1-6(4-9)10-8(11)7-2-3-12-5-7/h6-7H,2-5H2,1H3,(H,10,11). The summed E-state index contributed by atoms with van der Waals surface area (Å²) in [7, 11) is 0. The molecule has 1 N–H and O–H groups in total. The van der Waals surface area contributed by atoms with E-state index in [0.717, 1.165) is 18.4 Å². The van der Waals surface area contributed by atoms with Crippen LogP contribution >= 0.6 is 15.9 Å². The van der Waals surface area contributed by atoms with Crippen LogP contribution in [0.25, 0.3) is 0 Å². The molecular formula is C8H14BrNO2. The van der Waals surface area contributed by atoms with Crippen molar-refractivity contribution in [3.05, 3.63) is 0 Å². The van der Waals surface area contributed by atoms with Crippen molar-refractivity contribution >= 4 is 21.8 Å². The van der Waals surface area contributed by atoms with Gasteiger partial charge in [-0.25, -0.2) is 0 Å². The Morgan fingerprint density at radius 2 is 2.58 bits per heavy atom. The van der Waals surface area contributed by atoms with Gasteiger partial charge in [-0.2, -0.15) is 0 Å². The summed E-state index contributed by atoms with van der Waals surface area (Å²) >= 11 is 3.31. The first-order valence-electron chi connectivity index (χ1n) is 4.18. The summed E-state index contributed by atoms with van der Waals surface area (Å²) < 4.78 is 5.12. The molecule has 70 valence electrons. The average Bonchev–Trinajstić information content (AvgIpc) is 2.56. The number of amides is 1. The predicted octanol–water partition coefficient (Wildman–Crippen LogP) is 0.923. The molecule has 0 aliphatic carbocycles. The molecule has 1 saturated heterocycles. The van der Waals surface area contributed by atoms with Gasteiger partial charge in [-0.05, 0) is 13.3 Å². The molecule has 3 nitrogen and oxygen atoms in total. The summed E-state index contributed by atoms with van der Waals surface area (Å²) in [5.41, 5.74) is 0. The lowest BCUT2D eigenvalue weighted by molar-refractivity contribution is -0.125. The molecule has 2 atom stereocenters. The molecule has 1 amide bonds. The van der Waals surface area contributed by atoms with Crippen LogP contribution in [0, 0.1) is 5.92 Å². The van der Waals surface area contributed by atoms with Gasteiger partial charge in [-0.1, -0.05) is 15.9 Å². The van der Waals surface area contributed by atoms with Gasteiger partial charge >= 0.3 is 0 Å². The second kappa shape index (κ2) is 4.82.